The Bertz CT molecular complexity index is 1020. The summed E-state index contributed by atoms with van der Waals surface area (Å²) in [7, 11) is 1.82. The highest BCUT2D eigenvalue weighted by Crippen LogP contribution is 2.36. The van der Waals surface area contributed by atoms with Crippen LogP contribution < -0.4 is 10.9 Å². The first kappa shape index (κ1) is 15.7. The summed E-state index contributed by atoms with van der Waals surface area (Å²) in [4.78, 5) is 17.1. The van der Waals surface area contributed by atoms with Crippen LogP contribution in [0, 0.1) is 11.7 Å². The summed E-state index contributed by atoms with van der Waals surface area (Å²) in [6, 6.07) is 2.70. The molecule has 7 nitrogen and oxygen atoms in total. The van der Waals surface area contributed by atoms with Crippen LogP contribution in [0.3, 0.4) is 0 Å². The minimum absolute atomic E-state index is 0.160. The van der Waals surface area contributed by atoms with E-state index in [0.717, 1.165) is 11.5 Å². The molecule has 0 bridgehead atoms. The lowest BCUT2D eigenvalue weighted by atomic mass is 9.94. The number of halogens is 1. The number of nitrogens with zero attached hydrogens (tertiary/aromatic N) is 5. The molecule has 130 valence electrons. The average molecular weight is 342 g/mol. The molecule has 3 aromatic rings. The molecule has 0 aliphatic carbocycles. The molecule has 0 radical (unpaired) electrons. The summed E-state index contributed by atoms with van der Waals surface area (Å²) in [5.74, 6) is 0.410. The molecule has 2 aromatic heterocycles. The van der Waals surface area contributed by atoms with Gasteiger partial charge in [-0.3, -0.25) is 9.48 Å². The Kier molecular flexibility index (Phi) is 3.55. The van der Waals surface area contributed by atoms with Gasteiger partial charge in [0.05, 0.1) is 17.0 Å². The number of anilines is 1. The topological polar surface area (TPSA) is 77.6 Å². The van der Waals surface area contributed by atoms with E-state index in [2.05, 4.69) is 20.5 Å². The van der Waals surface area contributed by atoms with Gasteiger partial charge in [0.2, 0.25) is 0 Å². The average Bonchev–Trinajstić information content (AvgIpc) is 2.97. The van der Waals surface area contributed by atoms with E-state index in [1.807, 2.05) is 20.9 Å². The van der Waals surface area contributed by atoms with Crippen LogP contribution in [0.15, 0.2) is 23.3 Å². The fourth-order valence-corrected chi connectivity index (χ4v) is 3.41. The lowest BCUT2D eigenvalue weighted by molar-refractivity contribution is 0.457. The van der Waals surface area contributed by atoms with Gasteiger partial charge in [0.15, 0.2) is 0 Å². The van der Waals surface area contributed by atoms with Gasteiger partial charge in [0, 0.05) is 31.2 Å². The third kappa shape index (κ3) is 2.48. The molecule has 0 fully saturated rings. The van der Waals surface area contributed by atoms with Crippen LogP contribution in [0.5, 0.6) is 0 Å². The second-order valence-corrected chi connectivity index (χ2v) is 6.82. The first-order valence-electron chi connectivity index (χ1n) is 8.27. The standard InChI is InChI=1S/C17H19FN6O/c1-9(2)7-24-17(25)11-4-10(18)5-13-14(11)15(22-24)12(6-19-13)16-20-8-21-23(16)3/h4-5,8-9,12,19H,6-7H2,1-3H3. The van der Waals surface area contributed by atoms with Crippen molar-refractivity contribution in [3.05, 3.63) is 46.1 Å². The smallest absolute Gasteiger partial charge is 0.274 e. The Morgan fingerprint density at radius 3 is 2.88 bits per heavy atom. The van der Waals surface area contributed by atoms with Crippen LogP contribution in [0.2, 0.25) is 0 Å². The van der Waals surface area contributed by atoms with E-state index in [0.29, 0.717) is 29.5 Å². The zero-order valence-electron chi connectivity index (χ0n) is 14.3. The molecule has 0 amide bonds. The lowest BCUT2D eigenvalue weighted by Gasteiger charge is -2.26. The van der Waals surface area contributed by atoms with Gasteiger partial charge in [-0.1, -0.05) is 13.8 Å². The van der Waals surface area contributed by atoms with Gasteiger partial charge >= 0.3 is 0 Å². The number of hydrogen-bond donors (Lipinski definition) is 1. The summed E-state index contributed by atoms with van der Waals surface area (Å²) in [5.41, 5.74) is 1.07. The maximum Gasteiger partial charge on any atom is 0.274 e. The summed E-state index contributed by atoms with van der Waals surface area (Å²) in [6.45, 7) is 5.03. The van der Waals surface area contributed by atoms with Crippen molar-refractivity contribution in [2.75, 3.05) is 11.9 Å². The van der Waals surface area contributed by atoms with Crippen molar-refractivity contribution >= 4 is 16.5 Å². The van der Waals surface area contributed by atoms with Gasteiger partial charge in [-0.15, -0.1) is 0 Å². The predicted octanol–water partition coefficient (Wildman–Crippen LogP) is 1.88. The molecule has 25 heavy (non-hydrogen) atoms. The van der Waals surface area contributed by atoms with Crippen LogP contribution in [0.1, 0.15) is 31.3 Å². The fourth-order valence-electron chi connectivity index (χ4n) is 3.41. The first-order chi connectivity index (χ1) is 12.0. The van der Waals surface area contributed by atoms with Crippen molar-refractivity contribution in [1.82, 2.24) is 24.5 Å². The molecule has 1 unspecified atom stereocenters. The quantitative estimate of drug-likeness (QED) is 0.786. The van der Waals surface area contributed by atoms with Crippen LogP contribution >= 0.6 is 0 Å². The fraction of sp³-hybridized carbons (Fsp3) is 0.412. The Morgan fingerprint density at radius 1 is 1.40 bits per heavy atom. The molecule has 1 aliphatic heterocycles. The van der Waals surface area contributed by atoms with Crippen molar-refractivity contribution in [1.29, 1.82) is 0 Å². The van der Waals surface area contributed by atoms with Crippen molar-refractivity contribution in [2.24, 2.45) is 13.0 Å². The molecule has 3 heterocycles. The van der Waals surface area contributed by atoms with Crippen molar-refractivity contribution < 1.29 is 4.39 Å². The van der Waals surface area contributed by atoms with E-state index >= 15 is 0 Å². The lowest BCUT2D eigenvalue weighted by Crippen LogP contribution is -2.32. The van der Waals surface area contributed by atoms with Crippen LogP contribution in [-0.4, -0.2) is 31.1 Å². The van der Waals surface area contributed by atoms with E-state index in [1.54, 1.807) is 4.68 Å². The Labute approximate surface area is 143 Å². The van der Waals surface area contributed by atoms with E-state index < -0.39 is 5.82 Å². The highest BCUT2D eigenvalue weighted by atomic mass is 19.1. The van der Waals surface area contributed by atoms with E-state index in [-0.39, 0.29) is 17.4 Å². The molecule has 0 saturated carbocycles. The molecular formula is C17H19FN6O. The summed E-state index contributed by atoms with van der Waals surface area (Å²) >= 11 is 0. The zero-order valence-corrected chi connectivity index (χ0v) is 14.3. The number of nitrogens with one attached hydrogen (secondary N) is 1. The summed E-state index contributed by atoms with van der Waals surface area (Å²) in [6.07, 6.45) is 1.50. The number of aromatic nitrogens is 5. The maximum atomic E-state index is 14.0. The third-order valence-electron chi connectivity index (χ3n) is 4.48. The van der Waals surface area contributed by atoms with Crippen LogP contribution in [-0.2, 0) is 13.6 Å². The van der Waals surface area contributed by atoms with Gasteiger partial charge in [-0.2, -0.15) is 10.2 Å². The third-order valence-corrected chi connectivity index (χ3v) is 4.48. The Morgan fingerprint density at radius 2 is 2.20 bits per heavy atom. The number of aryl methyl sites for hydroxylation is 1. The van der Waals surface area contributed by atoms with Gasteiger partial charge in [-0.25, -0.2) is 14.1 Å². The molecule has 1 aromatic carbocycles. The van der Waals surface area contributed by atoms with Crippen LogP contribution in [0.4, 0.5) is 10.1 Å². The molecule has 0 spiro atoms. The van der Waals surface area contributed by atoms with Crippen molar-refractivity contribution in [3.63, 3.8) is 0 Å². The van der Waals surface area contributed by atoms with Crippen molar-refractivity contribution in [2.45, 2.75) is 26.3 Å². The molecule has 1 aliphatic rings. The Balaban J connectivity index is 2.04. The SMILES string of the molecule is CC(C)Cn1nc2c3c(cc(F)cc3c1=O)NCC2c1ncnn1C. The van der Waals surface area contributed by atoms with Gasteiger partial charge < -0.3 is 5.32 Å². The molecule has 0 saturated heterocycles. The summed E-state index contributed by atoms with van der Waals surface area (Å²) in [5, 5.41) is 13.0. The first-order valence-corrected chi connectivity index (χ1v) is 8.27. The van der Waals surface area contributed by atoms with Gasteiger partial charge in [0.25, 0.3) is 5.56 Å². The number of hydrogen-bond acceptors (Lipinski definition) is 5. The second kappa shape index (κ2) is 5.65. The monoisotopic (exact) mass is 342 g/mol. The number of rotatable bonds is 3. The molecule has 1 N–H and O–H groups in total. The maximum absolute atomic E-state index is 14.0. The normalized spacial score (nSPS) is 16.4. The predicted molar refractivity (Wildman–Crippen MR) is 92.1 cm³/mol. The molecule has 1 atom stereocenters. The van der Waals surface area contributed by atoms with Crippen molar-refractivity contribution in [3.8, 4) is 0 Å². The highest BCUT2D eigenvalue weighted by molar-refractivity contribution is 5.97. The van der Waals surface area contributed by atoms with Crippen LogP contribution in [0.25, 0.3) is 10.8 Å². The minimum atomic E-state index is -0.433. The zero-order chi connectivity index (χ0) is 17.7. The molecule has 8 heteroatoms. The highest BCUT2D eigenvalue weighted by Gasteiger charge is 2.30. The molecular weight excluding hydrogens is 323 g/mol. The molecule has 4 rings (SSSR count). The number of benzene rings is 1. The van der Waals surface area contributed by atoms with E-state index in [9.17, 15) is 9.18 Å². The van der Waals surface area contributed by atoms with E-state index in [1.165, 1.54) is 23.1 Å². The van der Waals surface area contributed by atoms with Gasteiger partial charge in [-0.05, 0) is 18.1 Å². The Hall–Kier alpha value is -2.77. The second-order valence-electron chi connectivity index (χ2n) is 6.82. The largest absolute Gasteiger partial charge is 0.383 e. The summed E-state index contributed by atoms with van der Waals surface area (Å²) < 4.78 is 17.2. The minimum Gasteiger partial charge on any atom is -0.383 e. The van der Waals surface area contributed by atoms with E-state index in [4.69, 9.17) is 0 Å². The van der Waals surface area contributed by atoms with Gasteiger partial charge in [0.1, 0.15) is 18.0 Å².